The molecule has 2 heterocycles. The van der Waals surface area contributed by atoms with Gasteiger partial charge in [0.25, 0.3) is 0 Å². The maximum Gasteiger partial charge on any atom is 0.336 e. The number of piperidine rings is 1. The lowest BCUT2D eigenvalue weighted by molar-refractivity contribution is -0.151. The number of aryl methyl sites for hydroxylation is 4. The van der Waals surface area contributed by atoms with Gasteiger partial charge in [-0.2, -0.15) is 4.31 Å². The second-order valence-corrected chi connectivity index (χ2v) is 11.0. The van der Waals surface area contributed by atoms with Crippen molar-refractivity contribution < 1.29 is 22.4 Å². The van der Waals surface area contributed by atoms with Gasteiger partial charge in [-0.1, -0.05) is 29.8 Å². The summed E-state index contributed by atoms with van der Waals surface area (Å²) in [6.45, 7) is 7.94. The molecule has 1 aliphatic rings. The van der Waals surface area contributed by atoms with E-state index in [-0.39, 0.29) is 31.6 Å². The summed E-state index contributed by atoms with van der Waals surface area (Å²) in [5.41, 5.74) is 3.99. The van der Waals surface area contributed by atoms with Crippen molar-refractivity contribution in [3.63, 3.8) is 0 Å². The molecule has 2 aromatic carbocycles. The first-order valence-electron chi connectivity index (χ1n) is 11.3. The number of hydrogen-bond acceptors (Lipinski definition) is 6. The monoisotopic (exact) mass is 483 g/mol. The Balaban J connectivity index is 1.42. The number of sulfonamides is 1. The Hall–Kier alpha value is -2.97. The third-order valence-electron chi connectivity index (χ3n) is 6.35. The van der Waals surface area contributed by atoms with Crippen LogP contribution in [-0.4, -0.2) is 31.8 Å². The molecule has 34 heavy (non-hydrogen) atoms. The number of carbonyl (C=O) groups excluding carboxylic acids is 1. The minimum absolute atomic E-state index is 0.0374. The number of fused-ring (bicyclic) bond motifs is 1. The largest absolute Gasteiger partial charge is 0.461 e. The maximum atomic E-state index is 13.3. The lowest BCUT2D eigenvalue weighted by Gasteiger charge is -2.31. The van der Waals surface area contributed by atoms with E-state index in [0.717, 1.165) is 27.6 Å². The second kappa shape index (κ2) is 9.35. The van der Waals surface area contributed by atoms with E-state index in [1.54, 1.807) is 6.07 Å². The molecule has 1 saturated heterocycles. The highest BCUT2D eigenvalue weighted by molar-refractivity contribution is 7.89. The van der Waals surface area contributed by atoms with Crippen LogP contribution in [0.4, 0.5) is 0 Å². The molecule has 1 aliphatic heterocycles. The summed E-state index contributed by atoms with van der Waals surface area (Å²) in [6.07, 6.45) is 0.776. The maximum absolute atomic E-state index is 13.3. The number of rotatable bonds is 5. The lowest BCUT2D eigenvalue weighted by Crippen LogP contribution is -2.41. The van der Waals surface area contributed by atoms with Gasteiger partial charge in [0.2, 0.25) is 10.0 Å². The molecule has 1 aromatic heterocycles. The molecule has 0 radical (unpaired) electrons. The van der Waals surface area contributed by atoms with E-state index in [9.17, 15) is 18.0 Å². The third-order valence-corrected chi connectivity index (χ3v) is 8.55. The Labute approximate surface area is 199 Å². The Morgan fingerprint density at radius 2 is 1.65 bits per heavy atom. The smallest absolute Gasteiger partial charge is 0.336 e. The first kappa shape index (κ1) is 24.2. The molecule has 0 saturated carbocycles. The van der Waals surface area contributed by atoms with Gasteiger partial charge in [0.1, 0.15) is 12.2 Å². The quantitative estimate of drug-likeness (QED) is 0.399. The zero-order chi connectivity index (χ0) is 24.6. The van der Waals surface area contributed by atoms with Crippen LogP contribution in [0.25, 0.3) is 11.0 Å². The molecule has 0 bridgehead atoms. The lowest BCUT2D eigenvalue weighted by atomic mass is 9.98. The van der Waals surface area contributed by atoms with E-state index in [1.807, 2.05) is 52.0 Å². The van der Waals surface area contributed by atoms with Crippen molar-refractivity contribution in [2.24, 2.45) is 5.92 Å². The molecule has 0 atom stereocenters. The van der Waals surface area contributed by atoms with Gasteiger partial charge in [-0.3, -0.25) is 4.79 Å². The fourth-order valence-corrected chi connectivity index (χ4v) is 6.64. The molecule has 4 rings (SSSR count). The fraction of sp³-hybridized carbons (Fsp3) is 0.385. The summed E-state index contributed by atoms with van der Waals surface area (Å²) in [5, 5.41) is 0.725. The van der Waals surface area contributed by atoms with Gasteiger partial charge in [0.15, 0.2) is 0 Å². The summed E-state index contributed by atoms with van der Waals surface area (Å²) in [5.74, 6) is -0.770. The highest BCUT2D eigenvalue weighted by Gasteiger charge is 2.34. The molecular weight excluding hydrogens is 454 g/mol. The van der Waals surface area contributed by atoms with Gasteiger partial charge in [0.05, 0.1) is 10.8 Å². The molecule has 1 fully saturated rings. The molecule has 8 heteroatoms. The van der Waals surface area contributed by atoms with E-state index in [4.69, 9.17) is 9.15 Å². The van der Waals surface area contributed by atoms with Crippen molar-refractivity contribution in [1.29, 1.82) is 0 Å². The molecule has 0 amide bonds. The number of benzene rings is 2. The summed E-state index contributed by atoms with van der Waals surface area (Å²) in [6, 6.07) is 10.6. The second-order valence-electron chi connectivity index (χ2n) is 9.10. The summed E-state index contributed by atoms with van der Waals surface area (Å²) >= 11 is 0. The predicted octanol–water partition coefficient (Wildman–Crippen LogP) is 4.17. The molecule has 0 N–H and O–H groups in total. The van der Waals surface area contributed by atoms with Gasteiger partial charge in [-0.05, 0) is 63.3 Å². The standard InChI is InChI=1S/C26H29NO6S/c1-16-5-6-22-21(14-24(28)33-23(22)13-16)15-32-26(29)20-7-9-27(10-8-20)34(30,31)25-18(3)11-17(2)12-19(25)4/h5-6,11-14,20H,7-10,15H2,1-4H3. The van der Waals surface area contributed by atoms with E-state index in [0.29, 0.717) is 28.9 Å². The van der Waals surface area contributed by atoms with Gasteiger partial charge in [-0.25, -0.2) is 13.2 Å². The van der Waals surface area contributed by atoms with Crippen LogP contribution in [0.5, 0.6) is 0 Å². The number of nitrogens with zero attached hydrogens (tertiary/aromatic N) is 1. The Morgan fingerprint density at radius 1 is 1.00 bits per heavy atom. The molecule has 7 nitrogen and oxygen atoms in total. The first-order valence-corrected chi connectivity index (χ1v) is 12.8. The fourth-order valence-electron chi connectivity index (χ4n) is 4.76. The number of hydrogen-bond donors (Lipinski definition) is 0. The molecule has 3 aromatic rings. The van der Waals surface area contributed by atoms with Gasteiger partial charge in [-0.15, -0.1) is 0 Å². The van der Waals surface area contributed by atoms with Crippen LogP contribution in [0.2, 0.25) is 0 Å². The van der Waals surface area contributed by atoms with E-state index < -0.39 is 15.6 Å². The van der Waals surface area contributed by atoms with Crippen molar-refractivity contribution in [1.82, 2.24) is 4.31 Å². The number of esters is 1. The molecule has 180 valence electrons. The minimum atomic E-state index is -3.64. The van der Waals surface area contributed by atoms with E-state index in [2.05, 4.69) is 0 Å². The average Bonchev–Trinajstić information content (AvgIpc) is 2.76. The Kier molecular flexibility index (Phi) is 6.64. The van der Waals surface area contributed by atoms with Crippen LogP contribution in [0.3, 0.4) is 0 Å². The van der Waals surface area contributed by atoms with Crippen molar-refractivity contribution in [2.75, 3.05) is 13.1 Å². The van der Waals surface area contributed by atoms with Crippen molar-refractivity contribution >= 4 is 27.0 Å². The summed E-state index contributed by atoms with van der Waals surface area (Å²) < 4.78 is 38.8. The zero-order valence-corrected chi connectivity index (χ0v) is 20.7. The Bertz CT molecular complexity index is 1390. The SMILES string of the molecule is Cc1cc(C)c(S(=O)(=O)N2CCC(C(=O)OCc3cc(=O)oc4cc(C)ccc34)CC2)c(C)c1. The van der Waals surface area contributed by atoms with Crippen LogP contribution >= 0.6 is 0 Å². The first-order chi connectivity index (χ1) is 16.1. The van der Waals surface area contributed by atoms with Crippen LogP contribution in [0, 0.1) is 33.6 Å². The van der Waals surface area contributed by atoms with Crippen LogP contribution < -0.4 is 5.63 Å². The molecule has 0 aliphatic carbocycles. The summed E-state index contributed by atoms with van der Waals surface area (Å²) in [4.78, 5) is 25.0. The van der Waals surface area contributed by atoms with Crippen molar-refractivity contribution in [2.45, 2.75) is 52.0 Å². The van der Waals surface area contributed by atoms with E-state index in [1.165, 1.54) is 10.4 Å². The van der Waals surface area contributed by atoms with Gasteiger partial charge in [0, 0.05) is 30.1 Å². The highest BCUT2D eigenvalue weighted by atomic mass is 32.2. The zero-order valence-electron chi connectivity index (χ0n) is 19.9. The average molecular weight is 484 g/mol. The third kappa shape index (κ3) is 4.79. The van der Waals surface area contributed by atoms with Crippen LogP contribution in [0.1, 0.15) is 40.7 Å². The number of carbonyl (C=O) groups is 1. The highest BCUT2D eigenvalue weighted by Crippen LogP contribution is 2.29. The normalized spacial score (nSPS) is 15.5. The number of ether oxygens (including phenoxy) is 1. The van der Waals surface area contributed by atoms with Crippen LogP contribution in [0.15, 0.2) is 50.5 Å². The predicted molar refractivity (Wildman–Crippen MR) is 129 cm³/mol. The van der Waals surface area contributed by atoms with Crippen molar-refractivity contribution in [3.8, 4) is 0 Å². The molecule has 0 spiro atoms. The van der Waals surface area contributed by atoms with Crippen molar-refractivity contribution in [3.05, 3.63) is 74.6 Å². The topological polar surface area (TPSA) is 93.9 Å². The van der Waals surface area contributed by atoms with Crippen LogP contribution in [-0.2, 0) is 26.2 Å². The van der Waals surface area contributed by atoms with Gasteiger partial charge >= 0.3 is 11.6 Å². The molecular formula is C26H29NO6S. The van der Waals surface area contributed by atoms with E-state index >= 15 is 0 Å². The molecule has 0 unspecified atom stereocenters. The summed E-state index contributed by atoms with van der Waals surface area (Å²) in [7, 11) is -3.64. The Morgan fingerprint density at radius 3 is 2.29 bits per heavy atom. The van der Waals surface area contributed by atoms with Gasteiger partial charge < -0.3 is 9.15 Å². The minimum Gasteiger partial charge on any atom is -0.461 e.